The van der Waals surface area contributed by atoms with Crippen LogP contribution in [0.2, 0.25) is 0 Å². The number of ether oxygens (including phenoxy) is 2. The monoisotopic (exact) mass is 881 g/mol. The molecule has 1 aliphatic heterocycles. The Morgan fingerprint density at radius 2 is 1.53 bits per heavy atom. The molecule has 60 heavy (non-hydrogen) atoms. The van der Waals surface area contributed by atoms with Crippen molar-refractivity contribution in [3.05, 3.63) is 12.2 Å². The molecule has 0 radical (unpaired) electrons. The molecular weight excluding hydrogens is 804 g/mol. The second-order valence-corrected chi connectivity index (χ2v) is 26.8. The minimum atomic E-state index is -4.39. The maximum atomic E-state index is 13.7. The second kappa shape index (κ2) is 15.7. The van der Waals surface area contributed by atoms with Gasteiger partial charge in [-0.1, -0.05) is 60.6 Å². The average molecular weight is 881 g/mol. The standard InChI is InChI=1S/C46H77N2O10PS/c1-28(2)30-13-18-46(47-26-34(29(3)57-27-59(52,53)54)48-21-23-60(55,56)24-22-48)20-19-44(9)31(38(30)46)11-12-36-43(8)16-15-37(42(6,7)35(43)14-17-45(36,44)10)58-40(51)33-25-32(39(49)50)41(33,4)5/h29-38,47H,1,11-27H2,2-10H3,(H,49,50)(H2,52,53,54)/t29?,30-,31+,32-,33+,34?,35-,36+,37-,38+,43-,44+,45+,46-/m0/s1. The van der Waals surface area contributed by atoms with Crippen molar-refractivity contribution < 1.29 is 46.9 Å². The van der Waals surface area contributed by atoms with E-state index in [1.807, 2.05) is 20.8 Å². The molecule has 0 bridgehead atoms. The number of esters is 1. The highest BCUT2D eigenvalue weighted by molar-refractivity contribution is 7.91. The van der Waals surface area contributed by atoms with Gasteiger partial charge in [-0.15, -0.1) is 0 Å². The normalized spacial score (nSPS) is 44.1. The molecule has 14 heteroatoms. The number of rotatable bonds is 12. The average Bonchev–Trinajstić information content (AvgIpc) is 3.52. The van der Waals surface area contributed by atoms with E-state index in [1.165, 1.54) is 5.57 Å². The van der Waals surface area contributed by atoms with Crippen LogP contribution in [0.5, 0.6) is 0 Å². The smallest absolute Gasteiger partial charge is 0.350 e. The topological polar surface area (TPSA) is 180 Å². The third-order valence-corrected chi connectivity index (χ3v) is 21.8. The summed E-state index contributed by atoms with van der Waals surface area (Å²) in [6.07, 6.45) is 9.54. The largest absolute Gasteiger partial charge is 0.481 e. The summed E-state index contributed by atoms with van der Waals surface area (Å²) in [6, 6.07) is -0.248. The van der Waals surface area contributed by atoms with E-state index in [0.29, 0.717) is 55.6 Å². The summed E-state index contributed by atoms with van der Waals surface area (Å²) in [5.41, 5.74) is 0.576. The van der Waals surface area contributed by atoms with Crippen molar-refractivity contribution in [2.24, 2.45) is 68.5 Å². The summed E-state index contributed by atoms with van der Waals surface area (Å²) in [7, 11) is -7.52. The van der Waals surface area contributed by atoms with Crippen LogP contribution < -0.4 is 5.32 Å². The minimum Gasteiger partial charge on any atom is -0.481 e. The number of carbonyl (C=O) groups excluding carboxylic acids is 1. The van der Waals surface area contributed by atoms with Crippen LogP contribution >= 0.6 is 7.60 Å². The molecule has 1 heterocycles. The zero-order valence-electron chi connectivity index (χ0n) is 38.0. The number of fused-ring (bicyclic) bond motifs is 7. The molecule has 0 aromatic rings. The van der Waals surface area contributed by atoms with Gasteiger partial charge in [0.05, 0.1) is 29.4 Å². The van der Waals surface area contributed by atoms with Gasteiger partial charge in [0.2, 0.25) is 0 Å². The van der Waals surface area contributed by atoms with Crippen molar-refractivity contribution in [3.63, 3.8) is 0 Å². The van der Waals surface area contributed by atoms with E-state index in [-0.39, 0.29) is 56.8 Å². The molecule has 12 nitrogen and oxygen atoms in total. The van der Waals surface area contributed by atoms with Gasteiger partial charge in [-0.05, 0) is 136 Å². The molecule has 0 aromatic carbocycles. The molecule has 4 N–H and O–H groups in total. The fraction of sp³-hybridized carbons (Fsp3) is 0.913. The molecule has 6 aliphatic carbocycles. The highest BCUT2D eigenvalue weighted by Gasteiger charge is 2.71. The van der Waals surface area contributed by atoms with Gasteiger partial charge in [0.15, 0.2) is 9.84 Å². The van der Waals surface area contributed by atoms with Crippen molar-refractivity contribution in [1.82, 2.24) is 10.2 Å². The predicted molar refractivity (Wildman–Crippen MR) is 232 cm³/mol. The van der Waals surface area contributed by atoms with Crippen LogP contribution in [0.25, 0.3) is 0 Å². The van der Waals surface area contributed by atoms with Gasteiger partial charge in [-0.2, -0.15) is 0 Å². The first-order valence-corrected chi connectivity index (χ1v) is 26.7. The van der Waals surface area contributed by atoms with E-state index >= 15 is 0 Å². The Bertz CT molecular complexity index is 1850. The van der Waals surface area contributed by atoms with Crippen LogP contribution in [-0.4, -0.2) is 101 Å². The van der Waals surface area contributed by atoms with Gasteiger partial charge < -0.3 is 29.7 Å². The van der Waals surface area contributed by atoms with Crippen molar-refractivity contribution >= 4 is 29.4 Å². The summed E-state index contributed by atoms with van der Waals surface area (Å²) in [5.74, 6) is 0.325. The Morgan fingerprint density at radius 1 is 0.867 bits per heavy atom. The van der Waals surface area contributed by atoms with Crippen LogP contribution in [-0.2, 0) is 33.5 Å². The van der Waals surface area contributed by atoms with Crippen molar-refractivity contribution in [3.8, 4) is 0 Å². The highest BCUT2D eigenvalue weighted by Crippen LogP contribution is 2.76. The third kappa shape index (κ3) is 7.63. The molecule has 1 saturated heterocycles. The number of allylic oxidation sites excluding steroid dienone is 1. The number of sulfone groups is 1. The summed E-state index contributed by atoms with van der Waals surface area (Å²) in [4.78, 5) is 46.9. The van der Waals surface area contributed by atoms with Crippen LogP contribution in [0.1, 0.15) is 133 Å². The number of nitrogens with one attached hydrogen (secondary N) is 1. The van der Waals surface area contributed by atoms with Crippen LogP contribution in [0, 0.1) is 68.5 Å². The lowest BCUT2D eigenvalue weighted by molar-refractivity contribution is -0.248. The summed E-state index contributed by atoms with van der Waals surface area (Å²) in [6.45, 7) is 26.1. The molecule has 0 amide bonds. The Kier molecular flexibility index (Phi) is 12.2. The maximum Gasteiger partial charge on any atom is 0.350 e. The van der Waals surface area contributed by atoms with Gasteiger partial charge in [0, 0.05) is 36.6 Å². The summed E-state index contributed by atoms with van der Waals surface area (Å²) >= 11 is 0. The zero-order chi connectivity index (χ0) is 44.2. The quantitative estimate of drug-likeness (QED) is 0.0876. The van der Waals surface area contributed by atoms with Gasteiger partial charge in [-0.3, -0.25) is 19.1 Å². The Morgan fingerprint density at radius 3 is 2.13 bits per heavy atom. The van der Waals surface area contributed by atoms with E-state index in [1.54, 1.807) is 0 Å². The molecule has 14 atom stereocenters. The maximum absolute atomic E-state index is 13.7. The van der Waals surface area contributed by atoms with Crippen LogP contribution in [0.3, 0.4) is 0 Å². The molecule has 7 rings (SSSR count). The van der Waals surface area contributed by atoms with E-state index < -0.39 is 53.1 Å². The molecule has 6 saturated carbocycles. The van der Waals surface area contributed by atoms with Crippen LogP contribution in [0.4, 0.5) is 0 Å². The predicted octanol–water partition coefficient (Wildman–Crippen LogP) is 7.28. The highest BCUT2D eigenvalue weighted by atomic mass is 32.2. The molecular formula is C46H77N2O10PS. The first-order valence-electron chi connectivity index (χ1n) is 23.1. The van der Waals surface area contributed by atoms with E-state index in [2.05, 4.69) is 58.3 Å². The van der Waals surface area contributed by atoms with E-state index in [9.17, 15) is 37.5 Å². The van der Waals surface area contributed by atoms with Gasteiger partial charge in [-0.25, -0.2) is 8.42 Å². The summed E-state index contributed by atoms with van der Waals surface area (Å²) < 4.78 is 49.0. The Hall–Kier alpha value is -1.34. The number of carboxylic acids is 1. The lowest BCUT2D eigenvalue weighted by Gasteiger charge is -2.73. The molecule has 0 spiro atoms. The molecule has 7 aliphatic rings. The summed E-state index contributed by atoms with van der Waals surface area (Å²) in [5, 5.41) is 13.8. The van der Waals surface area contributed by atoms with Crippen LogP contribution in [0.15, 0.2) is 12.2 Å². The van der Waals surface area contributed by atoms with Crippen molar-refractivity contribution in [2.75, 3.05) is 37.5 Å². The number of carbonyl (C=O) groups is 2. The van der Waals surface area contributed by atoms with Crippen molar-refractivity contribution in [2.45, 2.75) is 157 Å². The number of hydrogen-bond acceptors (Lipinski definition) is 9. The van der Waals surface area contributed by atoms with E-state index in [0.717, 1.165) is 64.2 Å². The fourth-order valence-electron chi connectivity index (χ4n) is 15.9. The third-order valence-electron chi connectivity index (χ3n) is 19.7. The van der Waals surface area contributed by atoms with Gasteiger partial charge in [0.25, 0.3) is 0 Å². The van der Waals surface area contributed by atoms with E-state index in [4.69, 9.17) is 9.47 Å². The lowest BCUT2D eigenvalue weighted by Crippen LogP contribution is -2.69. The first kappa shape index (κ1) is 46.6. The Balaban J connectivity index is 1.11. The second-order valence-electron chi connectivity index (χ2n) is 22.9. The number of hydrogen-bond donors (Lipinski definition) is 4. The van der Waals surface area contributed by atoms with Gasteiger partial charge >= 0.3 is 19.5 Å². The van der Waals surface area contributed by atoms with Gasteiger partial charge in [0.1, 0.15) is 12.5 Å². The van der Waals surface area contributed by atoms with Crippen molar-refractivity contribution in [1.29, 1.82) is 0 Å². The lowest BCUT2D eigenvalue weighted by atomic mass is 9.32. The number of carboxylic acid groups (broad SMARTS) is 1. The zero-order valence-corrected chi connectivity index (χ0v) is 39.7. The minimum absolute atomic E-state index is 0.0664. The molecule has 342 valence electrons. The Labute approximate surface area is 360 Å². The first-order chi connectivity index (χ1) is 27.6. The molecule has 2 unspecified atom stereocenters. The fourth-order valence-corrected chi connectivity index (χ4v) is 17.5. The number of nitrogens with zero attached hydrogens (tertiary/aromatic N) is 1. The number of aliphatic carboxylic acids is 1. The SMILES string of the molecule is C=C(C)[C@@H]1CC[C@]2(NCC(C(C)OCP(=O)(O)O)N3CCS(=O)(=O)CC3)CC[C@]3(C)[C@H](CC[C@@H]4[C@@]5(C)CC[C@H](OC(=O)[C@H]6C[C@@H](C(=O)O)C6(C)C)C(C)(C)[C@@H]5CC[C@]43C)[C@@H]12. The molecule has 7 fully saturated rings. The molecule has 0 aromatic heterocycles.